The van der Waals surface area contributed by atoms with Gasteiger partial charge in [0.2, 0.25) is 0 Å². The molecule has 0 fully saturated rings. The molecule has 0 saturated carbocycles. The summed E-state index contributed by atoms with van der Waals surface area (Å²) in [4.78, 5) is 28.3. The molecule has 0 aliphatic carbocycles. The highest BCUT2D eigenvalue weighted by molar-refractivity contribution is 6.32. The summed E-state index contributed by atoms with van der Waals surface area (Å²) < 4.78 is 11.1. The molecule has 1 amide bonds. The summed E-state index contributed by atoms with van der Waals surface area (Å²) in [5.41, 5.74) is 1.09. The van der Waals surface area contributed by atoms with E-state index in [1.807, 2.05) is 0 Å². The van der Waals surface area contributed by atoms with Gasteiger partial charge in [-0.3, -0.25) is 14.6 Å². The number of aromatic nitrogens is 1. The molecule has 0 saturated heterocycles. The van der Waals surface area contributed by atoms with Crippen LogP contribution in [0.3, 0.4) is 0 Å². The van der Waals surface area contributed by atoms with Crippen molar-refractivity contribution in [3.63, 3.8) is 0 Å². The Labute approximate surface area is 159 Å². The Morgan fingerprint density at radius 2 is 2.15 bits per heavy atom. The molecular weight excluding hydrogens is 383 g/mol. The van der Waals surface area contributed by atoms with Crippen molar-refractivity contribution in [1.29, 1.82) is 0 Å². The Morgan fingerprint density at radius 1 is 1.35 bits per heavy atom. The number of aliphatic carboxylic acids is 1. The highest BCUT2D eigenvalue weighted by Gasteiger charge is 2.27. The molecule has 0 radical (unpaired) electrons. The van der Waals surface area contributed by atoms with Crippen LogP contribution >= 0.6 is 23.2 Å². The van der Waals surface area contributed by atoms with Crippen molar-refractivity contribution in [1.82, 2.24) is 4.98 Å². The average molecular weight is 397 g/mol. The van der Waals surface area contributed by atoms with Crippen LogP contribution in [-0.4, -0.2) is 35.1 Å². The van der Waals surface area contributed by atoms with E-state index in [-0.39, 0.29) is 37.1 Å². The number of fused-ring (bicyclic) bond motifs is 1. The second-order valence-corrected chi connectivity index (χ2v) is 6.33. The summed E-state index contributed by atoms with van der Waals surface area (Å²) in [5, 5.41) is 9.65. The second-order valence-electron chi connectivity index (χ2n) is 5.48. The number of hydrogen-bond acceptors (Lipinski definition) is 5. The lowest BCUT2D eigenvalue weighted by Crippen LogP contribution is -2.40. The molecule has 1 aliphatic rings. The molecule has 3 rings (SSSR count). The van der Waals surface area contributed by atoms with E-state index in [2.05, 4.69) is 4.98 Å². The smallest absolute Gasteiger partial charge is 0.305 e. The lowest BCUT2D eigenvalue weighted by atomic mass is 10.2. The summed E-state index contributed by atoms with van der Waals surface area (Å²) in [6.45, 7) is 0.0412. The van der Waals surface area contributed by atoms with Gasteiger partial charge in [-0.1, -0.05) is 23.2 Å². The van der Waals surface area contributed by atoms with Crippen molar-refractivity contribution in [2.45, 2.75) is 13.0 Å². The summed E-state index contributed by atoms with van der Waals surface area (Å²) in [6, 6.07) is 6.54. The van der Waals surface area contributed by atoms with Crippen molar-refractivity contribution >= 4 is 40.8 Å². The number of anilines is 1. The number of carbonyl (C=O) groups excluding carboxylic acids is 1. The second kappa shape index (κ2) is 7.80. The minimum atomic E-state index is -0.993. The Balaban J connectivity index is 1.79. The normalized spacial score (nSPS) is 13.2. The van der Waals surface area contributed by atoms with Crippen LogP contribution < -0.4 is 14.4 Å². The first-order valence-electron chi connectivity index (χ1n) is 7.66. The molecular formula is C17H14Cl2N2O5. The van der Waals surface area contributed by atoms with Crippen LogP contribution in [0.1, 0.15) is 12.1 Å². The zero-order valence-corrected chi connectivity index (χ0v) is 15.0. The van der Waals surface area contributed by atoms with Crippen LogP contribution in [-0.2, 0) is 16.2 Å². The molecule has 1 N–H and O–H groups in total. The Morgan fingerprint density at radius 3 is 2.85 bits per heavy atom. The fourth-order valence-electron chi connectivity index (χ4n) is 2.41. The third kappa shape index (κ3) is 4.17. The molecule has 1 aromatic carbocycles. The van der Waals surface area contributed by atoms with E-state index in [0.717, 1.165) is 0 Å². The molecule has 0 spiro atoms. The number of carboxylic acid groups (broad SMARTS) is 1. The van der Waals surface area contributed by atoms with Crippen LogP contribution in [0.2, 0.25) is 10.0 Å². The van der Waals surface area contributed by atoms with Gasteiger partial charge in [-0.15, -0.1) is 0 Å². The summed E-state index contributed by atoms with van der Waals surface area (Å²) in [7, 11) is 0. The molecule has 9 heteroatoms. The number of nitrogens with zero attached hydrogens (tertiary/aromatic N) is 2. The fraction of sp³-hybridized carbons (Fsp3) is 0.235. The first kappa shape index (κ1) is 18.3. The molecule has 136 valence electrons. The lowest BCUT2D eigenvalue weighted by Gasteiger charge is -2.29. The van der Waals surface area contributed by atoms with E-state index in [9.17, 15) is 9.59 Å². The van der Waals surface area contributed by atoms with Gasteiger partial charge in [-0.2, -0.15) is 0 Å². The van der Waals surface area contributed by atoms with Crippen molar-refractivity contribution in [3.8, 4) is 11.5 Å². The van der Waals surface area contributed by atoms with Crippen LogP contribution in [0, 0.1) is 0 Å². The maximum atomic E-state index is 12.0. The third-order valence-corrected chi connectivity index (χ3v) is 4.19. The maximum Gasteiger partial charge on any atom is 0.305 e. The number of amides is 1. The lowest BCUT2D eigenvalue weighted by molar-refractivity contribution is -0.136. The molecule has 26 heavy (non-hydrogen) atoms. The number of halogens is 2. The van der Waals surface area contributed by atoms with Gasteiger partial charge in [0.05, 0.1) is 27.8 Å². The number of carbonyl (C=O) groups is 2. The van der Waals surface area contributed by atoms with Gasteiger partial charge in [0.15, 0.2) is 6.61 Å². The van der Waals surface area contributed by atoms with Gasteiger partial charge in [-0.05, 0) is 18.2 Å². The quantitative estimate of drug-likeness (QED) is 0.806. The standard InChI is InChI=1S/C17H14Cl2N2O5/c18-10-1-2-11(20-7-10)8-25-14-6-15-13(5-12(14)19)21(4-3-17(23)24)16(22)9-26-15/h1-2,5-7H,3-4,8-9H2,(H,23,24). The molecule has 2 aromatic rings. The number of carboxylic acids is 1. The highest BCUT2D eigenvalue weighted by Crippen LogP contribution is 2.40. The SMILES string of the molecule is O=C(O)CCN1C(=O)COc2cc(OCc3ccc(Cl)cn3)c(Cl)cc21. The van der Waals surface area contributed by atoms with Crippen molar-refractivity contribution in [2.75, 3.05) is 18.1 Å². The molecule has 2 heterocycles. The van der Waals surface area contributed by atoms with Crippen LogP contribution in [0.25, 0.3) is 0 Å². The van der Waals surface area contributed by atoms with E-state index in [4.69, 9.17) is 37.8 Å². The summed E-state index contributed by atoms with van der Waals surface area (Å²) in [6.07, 6.45) is 1.34. The van der Waals surface area contributed by atoms with E-state index < -0.39 is 5.97 Å². The summed E-state index contributed by atoms with van der Waals surface area (Å²) in [5.74, 6) is -0.547. The monoisotopic (exact) mass is 396 g/mol. The summed E-state index contributed by atoms with van der Waals surface area (Å²) >= 11 is 12.0. The molecule has 7 nitrogen and oxygen atoms in total. The van der Waals surface area contributed by atoms with Gasteiger partial charge in [-0.25, -0.2) is 0 Å². The van der Waals surface area contributed by atoms with Gasteiger partial charge in [0.25, 0.3) is 5.91 Å². The Hall–Kier alpha value is -2.51. The zero-order valence-electron chi connectivity index (χ0n) is 13.4. The number of ether oxygens (including phenoxy) is 2. The van der Waals surface area contributed by atoms with Gasteiger partial charge >= 0.3 is 5.97 Å². The van der Waals surface area contributed by atoms with E-state index in [1.165, 1.54) is 17.2 Å². The van der Waals surface area contributed by atoms with Crippen LogP contribution in [0.15, 0.2) is 30.5 Å². The topological polar surface area (TPSA) is 89.0 Å². The van der Waals surface area contributed by atoms with E-state index >= 15 is 0 Å². The van der Waals surface area contributed by atoms with Crippen molar-refractivity contribution < 1.29 is 24.2 Å². The van der Waals surface area contributed by atoms with Crippen molar-refractivity contribution in [2.24, 2.45) is 0 Å². The molecule has 1 aliphatic heterocycles. The molecule has 0 unspecified atom stereocenters. The van der Waals surface area contributed by atoms with Crippen LogP contribution in [0.4, 0.5) is 5.69 Å². The Bertz CT molecular complexity index is 842. The van der Waals surface area contributed by atoms with Crippen molar-refractivity contribution in [3.05, 3.63) is 46.2 Å². The van der Waals surface area contributed by atoms with Gasteiger partial charge in [0, 0.05) is 18.8 Å². The van der Waals surface area contributed by atoms with E-state index in [0.29, 0.717) is 27.9 Å². The van der Waals surface area contributed by atoms with Gasteiger partial charge in [0.1, 0.15) is 18.1 Å². The average Bonchev–Trinajstić information content (AvgIpc) is 2.60. The minimum Gasteiger partial charge on any atom is -0.486 e. The Kier molecular flexibility index (Phi) is 5.49. The highest BCUT2D eigenvalue weighted by atomic mass is 35.5. The molecule has 1 aromatic heterocycles. The fourth-order valence-corrected chi connectivity index (χ4v) is 2.73. The van der Waals surface area contributed by atoms with Crippen LogP contribution in [0.5, 0.6) is 11.5 Å². The predicted octanol–water partition coefficient (Wildman–Crippen LogP) is 3.17. The number of pyridine rings is 1. The third-order valence-electron chi connectivity index (χ3n) is 3.67. The van der Waals surface area contributed by atoms with Gasteiger partial charge < -0.3 is 19.5 Å². The molecule has 0 atom stereocenters. The predicted molar refractivity (Wildman–Crippen MR) is 95.1 cm³/mol. The minimum absolute atomic E-state index is 0.0375. The number of hydrogen-bond donors (Lipinski definition) is 1. The number of benzene rings is 1. The first-order valence-corrected chi connectivity index (χ1v) is 8.41. The first-order chi connectivity index (χ1) is 12.4. The van der Waals surface area contributed by atoms with E-state index in [1.54, 1.807) is 18.2 Å². The zero-order chi connectivity index (χ0) is 18.7. The molecule has 0 bridgehead atoms. The number of rotatable bonds is 6. The maximum absolute atomic E-state index is 12.0. The largest absolute Gasteiger partial charge is 0.486 e.